The minimum atomic E-state index is -0.0792. The zero-order chi connectivity index (χ0) is 20.6. The van der Waals surface area contributed by atoms with Gasteiger partial charge in [0.15, 0.2) is 5.16 Å². The summed E-state index contributed by atoms with van der Waals surface area (Å²) in [7, 11) is 1.62. The molecule has 0 radical (unpaired) electrons. The van der Waals surface area contributed by atoms with Gasteiger partial charge in [-0.2, -0.15) is 0 Å². The predicted molar refractivity (Wildman–Crippen MR) is 118 cm³/mol. The molecule has 3 rings (SSSR count). The van der Waals surface area contributed by atoms with Gasteiger partial charge < -0.3 is 15.0 Å². The third-order valence-electron chi connectivity index (χ3n) is 4.91. The van der Waals surface area contributed by atoms with E-state index in [9.17, 15) is 4.79 Å². The molecule has 2 aromatic rings. The molecular formula is C22H30N4O2S. The van der Waals surface area contributed by atoms with Gasteiger partial charge >= 0.3 is 0 Å². The van der Waals surface area contributed by atoms with Gasteiger partial charge in [-0.15, -0.1) is 0 Å². The topological polar surface area (TPSA) is 67.3 Å². The number of thioether (sulfide) groups is 1. The Morgan fingerprint density at radius 3 is 2.59 bits per heavy atom. The predicted octanol–water partition coefficient (Wildman–Crippen LogP) is 3.87. The van der Waals surface area contributed by atoms with E-state index in [0.29, 0.717) is 24.6 Å². The van der Waals surface area contributed by atoms with Crippen molar-refractivity contribution < 1.29 is 9.53 Å². The van der Waals surface area contributed by atoms with Gasteiger partial charge in [-0.25, -0.2) is 9.97 Å². The van der Waals surface area contributed by atoms with Gasteiger partial charge in [-0.1, -0.05) is 37.7 Å². The van der Waals surface area contributed by atoms with Gasteiger partial charge in [0.1, 0.15) is 5.82 Å². The number of hydrogen-bond acceptors (Lipinski definition) is 6. The molecule has 1 amide bonds. The number of rotatable bonds is 9. The van der Waals surface area contributed by atoms with Crippen LogP contribution in [0.3, 0.4) is 0 Å². The number of aromatic nitrogens is 2. The molecule has 1 aliphatic heterocycles. The molecule has 1 fully saturated rings. The maximum Gasteiger partial charge on any atom is 0.251 e. The molecule has 1 saturated heterocycles. The average molecular weight is 415 g/mol. The van der Waals surface area contributed by atoms with Crippen molar-refractivity contribution in [3.8, 4) is 0 Å². The van der Waals surface area contributed by atoms with E-state index >= 15 is 0 Å². The lowest BCUT2D eigenvalue weighted by Crippen LogP contribution is -2.26. The SMILES string of the molecule is COCCNC(=O)c1ccc(CSc2nc(C(C)C)cc(N3CCCC3)n2)cc1. The summed E-state index contributed by atoms with van der Waals surface area (Å²) in [5.74, 6) is 2.11. The Kier molecular flexibility index (Phi) is 7.89. The van der Waals surface area contributed by atoms with Crippen LogP contribution in [0.5, 0.6) is 0 Å². The largest absolute Gasteiger partial charge is 0.383 e. The molecule has 0 bridgehead atoms. The fourth-order valence-corrected chi connectivity index (χ4v) is 3.98. The number of anilines is 1. The Balaban J connectivity index is 1.63. The zero-order valence-corrected chi connectivity index (χ0v) is 18.3. The molecule has 156 valence electrons. The number of carbonyl (C=O) groups is 1. The van der Waals surface area contributed by atoms with E-state index in [-0.39, 0.29) is 5.91 Å². The van der Waals surface area contributed by atoms with Crippen molar-refractivity contribution in [2.75, 3.05) is 38.3 Å². The van der Waals surface area contributed by atoms with Crippen molar-refractivity contribution in [3.05, 3.63) is 47.2 Å². The molecular weight excluding hydrogens is 384 g/mol. The Morgan fingerprint density at radius 1 is 1.21 bits per heavy atom. The van der Waals surface area contributed by atoms with E-state index in [1.807, 2.05) is 24.3 Å². The minimum absolute atomic E-state index is 0.0792. The summed E-state index contributed by atoms with van der Waals surface area (Å²) in [6.45, 7) is 7.51. The molecule has 0 aliphatic carbocycles. The highest BCUT2D eigenvalue weighted by atomic mass is 32.2. The van der Waals surface area contributed by atoms with Crippen LogP contribution in [0.25, 0.3) is 0 Å². The molecule has 1 aliphatic rings. The number of benzene rings is 1. The molecule has 1 aromatic heterocycles. The summed E-state index contributed by atoms with van der Waals surface area (Å²) in [4.78, 5) is 24.0. The lowest BCUT2D eigenvalue weighted by molar-refractivity contribution is 0.0937. The molecule has 0 atom stereocenters. The third-order valence-corrected chi connectivity index (χ3v) is 5.83. The first-order valence-corrected chi connectivity index (χ1v) is 11.2. The fraction of sp³-hybridized carbons (Fsp3) is 0.500. The summed E-state index contributed by atoms with van der Waals surface area (Å²) in [6, 6.07) is 9.84. The van der Waals surface area contributed by atoms with Gasteiger partial charge in [0.05, 0.1) is 6.61 Å². The van der Waals surface area contributed by atoms with Crippen molar-refractivity contribution in [2.45, 2.75) is 43.5 Å². The number of amides is 1. The number of nitrogens with zero attached hydrogens (tertiary/aromatic N) is 3. The quantitative estimate of drug-likeness (QED) is 0.382. The Hall–Kier alpha value is -2.12. The summed E-state index contributed by atoms with van der Waals surface area (Å²) >= 11 is 1.64. The summed E-state index contributed by atoms with van der Waals surface area (Å²) < 4.78 is 4.95. The second-order valence-corrected chi connectivity index (χ2v) is 8.46. The first kappa shape index (κ1) is 21.6. The molecule has 29 heavy (non-hydrogen) atoms. The van der Waals surface area contributed by atoms with Gasteiger partial charge in [-0.05, 0) is 36.5 Å². The lowest BCUT2D eigenvalue weighted by atomic mass is 10.1. The van der Waals surface area contributed by atoms with E-state index in [2.05, 4.69) is 30.1 Å². The van der Waals surface area contributed by atoms with Crippen LogP contribution in [0.2, 0.25) is 0 Å². The number of carbonyl (C=O) groups excluding carboxylic acids is 1. The van der Waals surface area contributed by atoms with E-state index < -0.39 is 0 Å². The van der Waals surface area contributed by atoms with Gasteiger partial charge in [0.25, 0.3) is 5.91 Å². The van der Waals surface area contributed by atoms with Gasteiger partial charge in [0, 0.05) is 49.8 Å². The zero-order valence-electron chi connectivity index (χ0n) is 17.5. The monoisotopic (exact) mass is 414 g/mol. The molecule has 1 aromatic carbocycles. The first-order valence-electron chi connectivity index (χ1n) is 10.2. The normalized spacial score (nSPS) is 13.9. The second-order valence-electron chi connectivity index (χ2n) is 7.52. The Labute approximate surface area is 177 Å². The van der Waals surface area contributed by atoms with Crippen LogP contribution in [0, 0.1) is 0 Å². The lowest BCUT2D eigenvalue weighted by Gasteiger charge is -2.18. The molecule has 0 spiro atoms. The van der Waals surface area contributed by atoms with E-state index in [0.717, 1.165) is 41.1 Å². The number of nitrogens with one attached hydrogen (secondary N) is 1. The summed E-state index contributed by atoms with van der Waals surface area (Å²) in [5, 5.41) is 3.65. The van der Waals surface area contributed by atoms with Crippen LogP contribution >= 0.6 is 11.8 Å². The summed E-state index contributed by atoms with van der Waals surface area (Å²) in [5.41, 5.74) is 2.89. The first-order chi connectivity index (χ1) is 14.1. The smallest absolute Gasteiger partial charge is 0.251 e. The van der Waals surface area contributed by atoms with Crippen molar-refractivity contribution in [2.24, 2.45) is 0 Å². The Morgan fingerprint density at radius 2 is 1.93 bits per heavy atom. The van der Waals surface area contributed by atoms with Crippen molar-refractivity contribution in [1.29, 1.82) is 0 Å². The maximum absolute atomic E-state index is 12.1. The van der Waals surface area contributed by atoms with Crippen molar-refractivity contribution in [1.82, 2.24) is 15.3 Å². The molecule has 0 saturated carbocycles. The van der Waals surface area contributed by atoms with E-state index in [4.69, 9.17) is 14.7 Å². The third kappa shape index (κ3) is 6.18. The highest BCUT2D eigenvalue weighted by Crippen LogP contribution is 2.27. The molecule has 6 nitrogen and oxygen atoms in total. The molecule has 0 unspecified atom stereocenters. The maximum atomic E-state index is 12.1. The van der Waals surface area contributed by atoms with Crippen LogP contribution in [0.1, 0.15) is 54.2 Å². The van der Waals surface area contributed by atoms with Crippen LogP contribution < -0.4 is 10.2 Å². The van der Waals surface area contributed by atoms with Crippen molar-refractivity contribution in [3.63, 3.8) is 0 Å². The highest BCUT2D eigenvalue weighted by molar-refractivity contribution is 7.98. The molecule has 1 N–H and O–H groups in total. The van der Waals surface area contributed by atoms with Crippen LogP contribution in [0.4, 0.5) is 5.82 Å². The average Bonchev–Trinajstić information content (AvgIpc) is 3.27. The summed E-state index contributed by atoms with van der Waals surface area (Å²) in [6.07, 6.45) is 2.46. The van der Waals surface area contributed by atoms with Crippen LogP contribution in [-0.2, 0) is 10.5 Å². The second kappa shape index (κ2) is 10.6. The van der Waals surface area contributed by atoms with Crippen LogP contribution in [-0.4, -0.2) is 49.2 Å². The number of ether oxygens (including phenoxy) is 1. The van der Waals surface area contributed by atoms with E-state index in [1.54, 1.807) is 18.9 Å². The fourth-order valence-electron chi connectivity index (χ4n) is 3.17. The van der Waals surface area contributed by atoms with Gasteiger partial charge in [0.2, 0.25) is 0 Å². The molecule has 2 heterocycles. The highest BCUT2D eigenvalue weighted by Gasteiger charge is 2.17. The molecule has 7 heteroatoms. The number of hydrogen-bond donors (Lipinski definition) is 1. The number of methoxy groups -OCH3 is 1. The van der Waals surface area contributed by atoms with Gasteiger partial charge in [-0.3, -0.25) is 4.79 Å². The minimum Gasteiger partial charge on any atom is -0.383 e. The standard InChI is InChI=1S/C22H30N4O2S/c1-16(2)19-14-20(26-11-4-5-12-26)25-22(24-19)29-15-17-6-8-18(9-7-17)21(27)23-10-13-28-3/h6-9,14,16H,4-5,10-13,15H2,1-3H3,(H,23,27). The van der Waals surface area contributed by atoms with Crippen molar-refractivity contribution >= 4 is 23.5 Å². The Bertz CT molecular complexity index is 805. The van der Waals surface area contributed by atoms with Crippen LogP contribution in [0.15, 0.2) is 35.5 Å². The van der Waals surface area contributed by atoms with E-state index in [1.165, 1.54) is 12.8 Å².